The molecule has 4 rings (SSSR count). The van der Waals surface area contributed by atoms with Crippen LogP contribution in [0.5, 0.6) is 11.5 Å². The number of ether oxygens (including phenoxy) is 1. The largest absolute Gasteiger partial charge is 0.507 e. The Hall–Kier alpha value is -3.15. The Morgan fingerprint density at radius 2 is 1.85 bits per heavy atom. The number of rotatable bonds is 7. The molecule has 0 bridgehead atoms. The fourth-order valence-corrected chi connectivity index (χ4v) is 6.61. The van der Waals surface area contributed by atoms with Gasteiger partial charge in [0.2, 0.25) is 5.91 Å². The van der Waals surface area contributed by atoms with Crippen LogP contribution in [0.2, 0.25) is 0 Å². The van der Waals surface area contributed by atoms with Gasteiger partial charge in [-0.25, -0.2) is 0 Å². The van der Waals surface area contributed by atoms with E-state index in [1.807, 2.05) is 6.92 Å². The van der Waals surface area contributed by atoms with Gasteiger partial charge in [-0.2, -0.15) is 0 Å². The van der Waals surface area contributed by atoms with Crippen molar-refractivity contribution < 1.29 is 38.9 Å². The summed E-state index contributed by atoms with van der Waals surface area (Å²) in [6, 6.07) is 0.451. The lowest BCUT2D eigenvalue weighted by atomic mass is 9.52. The summed E-state index contributed by atoms with van der Waals surface area (Å²) in [6.07, 6.45) is 0.136. The molecule has 7 atom stereocenters. The Bertz CT molecular complexity index is 1260. The average molecular weight is 544 g/mol. The lowest BCUT2D eigenvalue weighted by Crippen LogP contribution is -2.74. The fraction of sp³-hybridized carbons (Fsp3) is 0.607. The third-order valence-corrected chi connectivity index (χ3v) is 8.91. The van der Waals surface area contributed by atoms with E-state index in [0.29, 0.717) is 29.3 Å². The van der Waals surface area contributed by atoms with Crippen LogP contribution in [0.4, 0.5) is 0 Å². The van der Waals surface area contributed by atoms with Gasteiger partial charge in [0.05, 0.1) is 24.6 Å². The zero-order chi connectivity index (χ0) is 29.1. The number of carbonyl (C=O) groups is 5. The highest BCUT2D eigenvalue weighted by Gasteiger charge is 2.69. The van der Waals surface area contributed by atoms with Gasteiger partial charge in [-0.3, -0.25) is 28.9 Å². The van der Waals surface area contributed by atoms with Crippen molar-refractivity contribution in [1.29, 1.82) is 0 Å². The fourth-order valence-electron chi connectivity index (χ4n) is 6.61. The van der Waals surface area contributed by atoms with Crippen molar-refractivity contribution in [3.05, 3.63) is 22.8 Å². The molecule has 0 spiro atoms. The number of aliphatic hydroxyl groups is 1. The third kappa shape index (κ3) is 4.27. The number of primary amides is 1. The number of phenolic OH excluding ortho intramolecular Hbond substituents is 1. The molecule has 39 heavy (non-hydrogen) atoms. The quantitative estimate of drug-likeness (QED) is 0.343. The second-order valence-corrected chi connectivity index (χ2v) is 11.6. The Balaban J connectivity index is 1.81. The Labute approximate surface area is 227 Å². The number of hydrogen-bond donors (Lipinski definition) is 4. The molecule has 3 aliphatic carbocycles. The first kappa shape index (κ1) is 28.8. The number of phenols is 1. The minimum absolute atomic E-state index is 0.0132. The summed E-state index contributed by atoms with van der Waals surface area (Å²) in [5.41, 5.74) is 3.61. The van der Waals surface area contributed by atoms with Gasteiger partial charge in [0.25, 0.3) is 0 Å². The zero-order valence-corrected chi connectivity index (χ0v) is 23.1. The normalized spacial score (nSPS) is 31.2. The number of fused-ring (bicyclic) bond motifs is 3. The zero-order valence-electron chi connectivity index (χ0n) is 23.1. The molecular weight excluding hydrogens is 506 g/mol. The molecular formula is C28H37N3O8. The molecule has 1 amide bonds. The van der Waals surface area contributed by atoms with Crippen LogP contribution in [-0.2, 0) is 32.1 Å². The van der Waals surface area contributed by atoms with Crippen molar-refractivity contribution in [2.24, 2.45) is 35.3 Å². The molecule has 2 saturated carbocycles. The molecule has 0 aromatic heterocycles. The van der Waals surface area contributed by atoms with Gasteiger partial charge in [0, 0.05) is 29.6 Å². The van der Waals surface area contributed by atoms with E-state index in [1.165, 1.54) is 18.1 Å². The van der Waals surface area contributed by atoms with Crippen LogP contribution in [0, 0.1) is 29.6 Å². The maximum atomic E-state index is 13.9. The summed E-state index contributed by atoms with van der Waals surface area (Å²) in [4.78, 5) is 67.7. The molecule has 1 aromatic rings. The van der Waals surface area contributed by atoms with Crippen molar-refractivity contribution in [3.8, 4) is 11.5 Å². The van der Waals surface area contributed by atoms with Crippen molar-refractivity contribution >= 4 is 29.0 Å². The number of nitrogens with zero attached hydrogens (tertiary/aromatic N) is 1. The van der Waals surface area contributed by atoms with E-state index in [-0.39, 0.29) is 30.2 Å². The minimum atomic E-state index is -2.74. The molecule has 0 aliphatic heterocycles. The number of nitrogens with two attached hydrogens (primary N) is 1. The molecule has 0 radical (unpaired) electrons. The lowest BCUT2D eigenvalue weighted by molar-refractivity contribution is -0.181. The van der Waals surface area contributed by atoms with E-state index < -0.39 is 64.4 Å². The Kier molecular flexibility index (Phi) is 7.48. The van der Waals surface area contributed by atoms with Crippen LogP contribution in [0.1, 0.15) is 48.7 Å². The van der Waals surface area contributed by atoms with Gasteiger partial charge in [-0.15, -0.1) is 0 Å². The summed E-state index contributed by atoms with van der Waals surface area (Å²) in [7, 11) is 4.56. The SMILES string of the molecule is COc1c(CN[C@@H](C)C(C)C)cc(O)c2c1C[C@H]1C[C@H]3[C@H](N(C)C)C(=O)C(C(N)=O)C(=O)[C@@]3(O)C(=O)C1C2=O. The number of methoxy groups -OCH3 is 1. The van der Waals surface area contributed by atoms with E-state index in [2.05, 4.69) is 19.2 Å². The van der Waals surface area contributed by atoms with E-state index in [1.54, 1.807) is 14.1 Å². The lowest BCUT2D eigenvalue weighted by Gasteiger charge is -2.52. The molecule has 2 fully saturated rings. The predicted octanol–water partition coefficient (Wildman–Crippen LogP) is 0.00970. The van der Waals surface area contributed by atoms with Gasteiger partial charge >= 0.3 is 0 Å². The van der Waals surface area contributed by atoms with Crippen LogP contribution in [0.25, 0.3) is 0 Å². The first-order valence-corrected chi connectivity index (χ1v) is 13.2. The highest BCUT2D eigenvalue weighted by Crippen LogP contribution is 2.52. The van der Waals surface area contributed by atoms with E-state index in [0.717, 1.165) is 0 Å². The van der Waals surface area contributed by atoms with Crippen molar-refractivity contribution in [2.45, 2.75) is 57.8 Å². The van der Waals surface area contributed by atoms with E-state index >= 15 is 0 Å². The molecule has 11 nitrogen and oxygen atoms in total. The third-order valence-electron chi connectivity index (χ3n) is 8.91. The number of hydrogen-bond acceptors (Lipinski definition) is 10. The number of ketones is 4. The number of carbonyl (C=O) groups excluding carboxylic acids is 5. The second-order valence-electron chi connectivity index (χ2n) is 11.6. The standard InChI is InChI=1S/C28H37N3O8/c1-11(2)12(3)30-10-14-9-17(32)19-15(24(14)39-6)7-13-8-16-21(31(4)5)23(34)20(27(29)37)26(36)28(16,38)25(35)18(13)22(19)33/h9,11-13,16,18,20-21,30,32,38H,7-8,10H2,1-6H3,(H2,29,37)/t12-,13-,16-,18?,20?,21-,28-/m0/s1. The van der Waals surface area contributed by atoms with E-state index in [4.69, 9.17) is 10.5 Å². The number of likely N-dealkylation sites (N-methyl/N-ethyl adjacent to an activating group) is 1. The Morgan fingerprint density at radius 1 is 1.21 bits per heavy atom. The maximum absolute atomic E-state index is 13.9. The number of amides is 1. The highest BCUT2D eigenvalue weighted by molar-refractivity contribution is 6.32. The first-order valence-electron chi connectivity index (χ1n) is 13.2. The van der Waals surface area contributed by atoms with Crippen LogP contribution < -0.4 is 15.8 Å². The molecule has 1 aromatic carbocycles. The summed E-state index contributed by atoms with van der Waals surface area (Å²) in [5, 5.41) is 26.0. The summed E-state index contributed by atoms with van der Waals surface area (Å²) in [5.74, 6) is -9.94. The Morgan fingerprint density at radius 3 is 2.38 bits per heavy atom. The van der Waals surface area contributed by atoms with Gasteiger partial charge in [0.15, 0.2) is 34.7 Å². The average Bonchev–Trinajstić information content (AvgIpc) is 2.84. The molecule has 0 saturated heterocycles. The topological polar surface area (TPSA) is 176 Å². The number of nitrogens with one attached hydrogen (secondary N) is 1. The monoisotopic (exact) mass is 543 g/mol. The minimum Gasteiger partial charge on any atom is -0.507 e. The summed E-state index contributed by atoms with van der Waals surface area (Å²) < 4.78 is 5.70. The van der Waals surface area contributed by atoms with Gasteiger partial charge in [-0.05, 0) is 51.8 Å². The van der Waals surface area contributed by atoms with Gasteiger partial charge in [0.1, 0.15) is 11.5 Å². The van der Waals surface area contributed by atoms with Crippen molar-refractivity contribution in [1.82, 2.24) is 10.2 Å². The van der Waals surface area contributed by atoms with Gasteiger partial charge in [-0.1, -0.05) is 13.8 Å². The van der Waals surface area contributed by atoms with Crippen LogP contribution in [-0.4, -0.2) is 83.0 Å². The molecule has 3 aliphatic rings. The highest BCUT2D eigenvalue weighted by atomic mass is 16.5. The van der Waals surface area contributed by atoms with Crippen LogP contribution in [0.3, 0.4) is 0 Å². The second kappa shape index (κ2) is 10.1. The van der Waals surface area contributed by atoms with Crippen molar-refractivity contribution in [2.75, 3.05) is 21.2 Å². The smallest absolute Gasteiger partial charge is 0.235 e. The molecule has 5 N–H and O–H groups in total. The predicted molar refractivity (Wildman–Crippen MR) is 139 cm³/mol. The van der Waals surface area contributed by atoms with Crippen LogP contribution in [0.15, 0.2) is 6.07 Å². The summed E-state index contributed by atoms with van der Waals surface area (Å²) in [6.45, 7) is 6.56. The molecule has 2 unspecified atom stereocenters. The van der Waals surface area contributed by atoms with E-state index in [9.17, 15) is 34.2 Å². The molecule has 11 heteroatoms. The summed E-state index contributed by atoms with van der Waals surface area (Å²) >= 11 is 0. The van der Waals surface area contributed by atoms with Crippen molar-refractivity contribution in [3.63, 3.8) is 0 Å². The maximum Gasteiger partial charge on any atom is 0.235 e. The molecule has 212 valence electrons. The number of Topliss-reactive ketones (excluding diaryl/α,β-unsaturated/α-hetero) is 4. The van der Waals surface area contributed by atoms with Gasteiger partial charge < -0.3 is 26.0 Å². The number of aromatic hydroxyl groups is 1. The number of benzene rings is 1. The van der Waals surface area contributed by atoms with Crippen LogP contribution >= 0.6 is 0 Å². The molecule has 0 heterocycles. The first-order chi connectivity index (χ1) is 18.2.